The highest BCUT2D eigenvalue weighted by molar-refractivity contribution is 14.1. The summed E-state index contributed by atoms with van der Waals surface area (Å²) in [6.45, 7) is 8.46. The molecule has 0 fully saturated rings. The van der Waals surface area contributed by atoms with Crippen LogP contribution in [0.25, 0.3) is 22.1 Å². The molecule has 0 unspecified atom stereocenters. The molecule has 0 atom stereocenters. The van der Waals surface area contributed by atoms with Crippen LogP contribution in [0.2, 0.25) is 0 Å². The fourth-order valence-corrected chi connectivity index (χ4v) is 5.16. The summed E-state index contributed by atoms with van der Waals surface area (Å²) in [7, 11) is 0. The lowest BCUT2D eigenvalue weighted by Gasteiger charge is -2.05. The van der Waals surface area contributed by atoms with Gasteiger partial charge in [-0.05, 0) is 107 Å². The standard InChI is InChI=1S/C8H6I2N2S.C8H8N2S/c1-3-4(2)6(10)8-7(5(3)9)11-13-12-8;1-5-3-7-8(4-6(5)2)10-11-9-7/h1-2H3;3-4H,1-2H3. The molecule has 0 saturated carbocycles. The van der Waals surface area contributed by atoms with Gasteiger partial charge in [-0.1, -0.05) is 0 Å². The van der Waals surface area contributed by atoms with Crippen LogP contribution in [0.5, 0.6) is 0 Å². The molecule has 0 aliphatic carbocycles. The number of halogens is 2. The highest BCUT2D eigenvalue weighted by atomic mass is 127. The molecule has 4 nitrogen and oxygen atoms in total. The minimum Gasteiger partial charge on any atom is -0.173 e. The van der Waals surface area contributed by atoms with Crippen LogP contribution in [-0.4, -0.2) is 17.5 Å². The molecule has 4 rings (SSSR count). The molecule has 2 heterocycles. The lowest BCUT2D eigenvalue weighted by Crippen LogP contribution is -1.92. The second-order valence-electron chi connectivity index (χ2n) is 5.53. The first-order valence-corrected chi connectivity index (χ1v) is 10.8. The predicted molar refractivity (Wildman–Crippen MR) is 119 cm³/mol. The van der Waals surface area contributed by atoms with Gasteiger partial charge in [0.15, 0.2) is 0 Å². The average Bonchev–Trinajstić information content (AvgIpc) is 3.21. The van der Waals surface area contributed by atoms with Crippen LogP contribution in [0.3, 0.4) is 0 Å². The Morgan fingerprint density at radius 2 is 1.04 bits per heavy atom. The Morgan fingerprint density at radius 1 is 0.667 bits per heavy atom. The molecule has 0 saturated heterocycles. The molecular weight excluding hydrogens is 566 g/mol. The normalized spacial score (nSPS) is 10.9. The third-order valence-corrected chi connectivity index (χ3v) is 7.72. The number of rotatable bonds is 0. The van der Waals surface area contributed by atoms with E-state index in [1.54, 1.807) is 0 Å². The van der Waals surface area contributed by atoms with Gasteiger partial charge in [0.1, 0.15) is 22.1 Å². The summed E-state index contributed by atoms with van der Waals surface area (Å²) in [4.78, 5) is 0. The van der Waals surface area contributed by atoms with Crippen molar-refractivity contribution in [3.63, 3.8) is 0 Å². The van der Waals surface area contributed by atoms with Gasteiger partial charge in [-0.3, -0.25) is 0 Å². The molecule has 0 bridgehead atoms. The van der Waals surface area contributed by atoms with E-state index < -0.39 is 0 Å². The summed E-state index contributed by atoms with van der Waals surface area (Å²) in [5.74, 6) is 0. The third-order valence-electron chi connectivity index (χ3n) is 3.99. The average molecular weight is 580 g/mol. The Kier molecular flexibility index (Phi) is 5.67. The van der Waals surface area contributed by atoms with Gasteiger partial charge in [0.05, 0.1) is 23.5 Å². The summed E-state index contributed by atoms with van der Waals surface area (Å²) in [5.41, 5.74) is 9.35. The monoisotopic (exact) mass is 580 g/mol. The summed E-state index contributed by atoms with van der Waals surface area (Å²) < 4.78 is 19.4. The smallest absolute Gasteiger partial charge is 0.119 e. The Bertz CT molecular complexity index is 962. The molecule has 0 aliphatic rings. The SMILES string of the molecule is Cc1c(C)c(I)c2nsnc2c1I.Cc1cc2nsnc2cc1C. The van der Waals surface area contributed by atoms with Crippen LogP contribution in [0, 0.1) is 34.8 Å². The molecule has 0 aliphatic heterocycles. The zero-order valence-corrected chi connectivity index (χ0v) is 19.5. The van der Waals surface area contributed by atoms with E-state index in [2.05, 4.69) is 103 Å². The number of benzene rings is 2. The first-order valence-electron chi connectivity index (χ1n) is 7.16. The molecule has 0 amide bonds. The Labute approximate surface area is 176 Å². The van der Waals surface area contributed by atoms with E-state index in [0.717, 1.165) is 22.1 Å². The summed E-state index contributed by atoms with van der Waals surface area (Å²) in [5, 5.41) is 0. The molecule has 4 aromatic rings. The van der Waals surface area contributed by atoms with Crippen molar-refractivity contribution in [1.29, 1.82) is 0 Å². The quantitative estimate of drug-likeness (QED) is 0.246. The van der Waals surface area contributed by atoms with E-state index in [9.17, 15) is 0 Å². The van der Waals surface area contributed by atoms with Gasteiger partial charge < -0.3 is 0 Å². The van der Waals surface area contributed by atoms with Gasteiger partial charge in [-0.25, -0.2) is 0 Å². The van der Waals surface area contributed by atoms with Gasteiger partial charge in [-0.2, -0.15) is 17.5 Å². The van der Waals surface area contributed by atoms with Gasteiger partial charge in [-0.15, -0.1) is 0 Å². The number of aromatic nitrogens is 4. The lowest BCUT2D eigenvalue weighted by atomic mass is 10.1. The number of hydrogen-bond acceptors (Lipinski definition) is 6. The molecule has 8 heteroatoms. The number of aryl methyl sites for hydroxylation is 2. The summed E-state index contributed by atoms with van der Waals surface area (Å²) >= 11 is 7.24. The van der Waals surface area contributed by atoms with Gasteiger partial charge in [0.25, 0.3) is 0 Å². The zero-order chi connectivity index (χ0) is 17.4. The minimum atomic E-state index is 1.01. The predicted octanol–water partition coefficient (Wildman–Crippen LogP) is 5.83. The maximum Gasteiger partial charge on any atom is 0.119 e. The third kappa shape index (κ3) is 3.42. The van der Waals surface area contributed by atoms with Crippen LogP contribution in [0.4, 0.5) is 0 Å². The van der Waals surface area contributed by atoms with Crippen molar-refractivity contribution in [3.05, 3.63) is 41.5 Å². The van der Waals surface area contributed by atoms with E-state index >= 15 is 0 Å². The fraction of sp³-hybridized carbons (Fsp3) is 0.250. The maximum absolute atomic E-state index is 4.30. The largest absolute Gasteiger partial charge is 0.173 e. The van der Waals surface area contributed by atoms with Crippen molar-refractivity contribution < 1.29 is 0 Å². The molecular formula is C16H14I2N4S2. The van der Waals surface area contributed by atoms with Crippen molar-refractivity contribution in [1.82, 2.24) is 17.5 Å². The van der Waals surface area contributed by atoms with E-state index in [1.807, 2.05) is 0 Å². The highest BCUT2D eigenvalue weighted by Gasteiger charge is 2.13. The summed E-state index contributed by atoms with van der Waals surface area (Å²) in [6, 6.07) is 4.16. The lowest BCUT2D eigenvalue weighted by molar-refractivity contribution is 1.31. The van der Waals surface area contributed by atoms with E-state index in [0.29, 0.717) is 0 Å². The maximum atomic E-state index is 4.30. The molecule has 0 radical (unpaired) electrons. The van der Waals surface area contributed by atoms with Crippen LogP contribution in [0.1, 0.15) is 22.3 Å². The number of fused-ring (bicyclic) bond motifs is 2. The van der Waals surface area contributed by atoms with Crippen LogP contribution >= 0.6 is 68.6 Å². The molecule has 2 aromatic heterocycles. The van der Waals surface area contributed by atoms with Gasteiger partial charge in [0, 0.05) is 7.14 Å². The highest BCUT2D eigenvalue weighted by Crippen LogP contribution is 2.30. The molecule has 0 spiro atoms. The van der Waals surface area contributed by atoms with Gasteiger partial charge in [0.2, 0.25) is 0 Å². The fourth-order valence-electron chi connectivity index (χ4n) is 2.20. The van der Waals surface area contributed by atoms with Crippen molar-refractivity contribution in [2.45, 2.75) is 27.7 Å². The minimum absolute atomic E-state index is 1.01. The number of hydrogen-bond donors (Lipinski definition) is 0. The van der Waals surface area contributed by atoms with E-state index in [1.165, 1.54) is 52.9 Å². The first kappa shape index (κ1) is 18.3. The Balaban J connectivity index is 0.000000143. The van der Waals surface area contributed by atoms with Crippen molar-refractivity contribution in [2.24, 2.45) is 0 Å². The van der Waals surface area contributed by atoms with E-state index in [4.69, 9.17) is 0 Å². The molecule has 0 N–H and O–H groups in total. The van der Waals surface area contributed by atoms with Gasteiger partial charge >= 0.3 is 0 Å². The zero-order valence-electron chi connectivity index (χ0n) is 13.5. The van der Waals surface area contributed by atoms with Crippen LogP contribution in [0.15, 0.2) is 12.1 Å². The molecule has 124 valence electrons. The van der Waals surface area contributed by atoms with E-state index in [-0.39, 0.29) is 0 Å². The van der Waals surface area contributed by atoms with Crippen LogP contribution < -0.4 is 0 Å². The first-order chi connectivity index (χ1) is 11.4. The Morgan fingerprint density at radius 3 is 1.46 bits per heavy atom. The molecule has 24 heavy (non-hydrogen) atoms. The number of nitrogens with zero attached hydrogens (tertiary/aromatic N) is 4. The van der Waals surface area contributed by atoms with Crippen molar-refractivity contribution in [3.8, 4) is 0 Å². The topological polar surface area (TPSA) is 51.6 Å². The Hall–Kier alpha value is -0.460. The second-order valence-corrected chi connectivity index (χ2v) is 8.74. The van der Waals surface area contributed by atoms with Crippen molar-refractivity contribution in [2.75, 3.05) is 0 Å². The summed E-state index contributed by atoms with van der Waals surface area (Å²) in [6.07, 6.45) is 0. The molecule has 2 aromatic carbocycles. The van der Waals surface area contributed by atoms with Crippen LogP contribution in [-0.2, 0) is 0 Å². The second kappa shape index (κ2) is 7.42. The van der Waals surface area contributed by atoms with Crippen molar-refractivity contribution >= 4 is 90.7 Å².